The number of benzene rings is 2. The van der Waals surface area contributed by atoms with Gasteiger partial charge in [0.15, 0.2) is 6.29 Å². The number of rotatable bonds is 2. The lowest BCUT2D eigenvalue weighted by molar-refractivity contribution is 0.112. The highest BCUT2D eigenvalue weighted by atomic mass is 79.9. The van der Waals surface area contributed by atoms with Crippen molar-refractivity contribution in [1.82, 2.24) is 0 Å². The Labute approximate surface area is 101 Å². The zero-order valence-corrected chi connectivity index (χ0v) is 9.87. The Balaban J connectivity index is 2.55. The summed E-state index contributed by atoms with van der Waals surface area (Å²) in [6.45, 7) is 0. The van der Waals surface area contributed by atoms with Gasteiger partial charge in [0.2, 0.25) is 0 Å². The van der Waals surface area contributed by atoms with Crippen molar-refractivity contribution in [2.75, 3.05) is 0 Å². The van der Waals surface area contributed by atoms with Crippen LogP contribution < -0.4 is 0 Å². The van der Waals surface area contributed by atoms with Gasteiger partial charge >= 0.3 is 0 Å². The summed E-state index contributed by atoms with van der Waals surface area (Å²) in [5.41, 5.74) is 2.00. The molecule has 2 rings (SSSR count). The van der Waals surface area contributed by atoms with Crippen molar-refractivity contribution >= 4 is 22.2 Å². The minimum Gasteiger partial charge on any atom is -0.298 e. The molecule has 0 atom stereocenters. The van der Waals surface area contributed by atoms with Crippen molar-refractivity contribution in [2.45, 2.75) is 0 Å². The first-order valence-corrected chi connectivity index (χ1v) is 5.50. The normalized spacial score (nSPS) is 10.1. The molecule has 3 heteroatoms. The first kappa shape index (κ1) is 11.0. The number of carbonyl (C=O) groups is 1. The molecule has 0 aliphatic heterocycles. The van der Waals surface area contributed by atoms with Crippen LogP contribution in [0, 0.1) is 5.82 Å². The third-order valence-electron chi connectivity index (χ3n) is 2.30. The molecule has 2 aromatic rings. The molecule has 0 bridgehead atoms. The van der Waals surface area contributed by atoms with Crippen LogP contribution >= 0.6 is 15.9 Å². The Morgan fingerprint density at radius 3 is 2.38 bits per heavy atom. The maximum absolute atomic E-state index is 12.9. The van der Waals surface area contributed by atoms with E-state index in [1.54, 1.807) is 6.07 Å². The average molecular weight is 279 g/mol. The maximum atomic E-state index is 12.9. The van der Waals surface area contributed by atoms with Gasteiger partial charge in [-0.25, -0.2) is 4.39 Å². The second-order valence-electron chi connectivity index (χ2n) is 3.36. The van der Waals surface area contributed by atoms with Gasteiger partial charge < -0.3 is 0 Å². The van der Waals surface area contributed by atoms with Crippen LogP contribution in [0.15, 0.2) is 46.9 Å². The summed E-state index contributed by atoms with van der Waals surface area (Å²) in [4.78, 5) is 10.8. The van der Waals surface area contributed by atoms with Crippen LogP contribution in [-0.4, -0.2) is 6.29 Å². The zero-order chi connectivity index (χ0) is 11.5. The number of carbonyl (C=O) groups excluding carboxylic acids is 1. The topological polar surface area (TPSA) is 17.1 Å². The molecule has 0 unspecified atom stereocenters. The molecule has 80 valence electrons. The standard InChI is InChI=1S/C13H8BrFO/c14-11-3-1-9(2-4-11)13-6-5-12(15)7-10(13)8-16/h1-8H. The fraction of sp³-hybridized carbons (Fsp3) is 0. The highest BCUT2D eigenvalue weighted by Gasteiger charge is 2.05. The zero-order valence-electron chi connectivity index (χ0n) is 8.28. The molecule has 0 aromatic heterocycles. The first-order valence-electron chi connectivity index (χ1n) is 4.71. The predicted molar refractivity (Wildman–Crippen MR) is 64.9 cm³/mol. The van der Waals surface area contributed by atoms with E-state index in [0.29, 0.717) is 11.8 Å². The third-order valence-corrected chi connectivity index (χ3v) is 2.82. The molecule has 1 nitrogen and oxygen atoms in total. The fourth-order valence-electron chi connectivity index (χ4n) is 1.52. The Bertz CT molecular complexity index is 520. The van der Waals surface area contributed by atoms with Gasteiger partial charge in [-0.3, -0.25) is 4.79 Å². The molecule has 0 fully saturated rings. The molecular formula is C13H8BrFO. The van der Waals surface area contributed by atoms with Gasteiger partial charge in [-0.2, -0.15) is 0 Å². The fourth-order valence-corrected chi connectivity index (χ4v) is 1.79. The largest absolute Gasteiger partial charge is 0.298 e. The SMILES string of the molecule is O=Cc1cc(F)ccc1-c1ccc(Br)cc1. The molecule has 0 radical (unpaired) electrons. The van der Waals surface area contributed by atoms with Gasteiger partial charge in [-0.1, -0.05) is 34.1 Å². The van der Waals surface area contributed by atoms with Crippen molar-refractivity contribution < 1.29 is 9.18 Å². The predicted octanol–water partition coefficient (Wildman–Crippen LogP) is 4.07. The molecular weight excluding hydrogens is 271 g/mol. The van der Waals surface area contributed by atoms with Crippen molar-refractivity contribution in [3.05, 3.63) is 58.3 Å². The summed E-state index contributed by atoms with van der Waals surface area (Å²) in [7, 11) is 0. The van der Waals surface area contributed by atoms with Gasteiger partial charge in [-0.05, 0) is 35.4 Å². The smallest absolute Gasteiger partial charge is 0.150 e. The second-order valence-corrected chi connectivity index (χ2v) is 4.27. The summed E-state index contributed by atoms with van der Waals surface area (Å²) < 4.78 is 13.9. The summed E-state index contributed by atoms with van der Waals surface area (Å²) in [6.07, 6.45) is 0.667. The molecule has 0 aliphatic carbocycles. The molecule has 0 aliphatic rings. The molecule has 0 saturated heterocycles. The van der Waals surface area contributed by atoms with E-state index in [0.717, 1.165) is 15.6 Å². The van der Waals surface area contributed by atoms with Crippen molar-refractivity contribution in [3.8, 4) is 11.1 Å². The molecule has 0 spiro atoms. The number of hydrogen-bond donors (Lipinski definition) is 0. The summed E-state index contributed by atoms with van der Waals surface area (Å²) in [6, 6.07) is 11.7. The van der Waals surface area contributed by atoms with E-state index in [4.69, 9.17) is 0 Å². The van der Waals surface area contributed by atoms with Crippen LogP contribution in [-0.2, 0) is 0 Å². The van der Waals surface area contributed by atoms with E-state index in [9.17, 15) is 9.18 Å². The lowest BCUT2D eigenvalue weighted by Gasteiger charge is -2.05. The Morgan fingerprint density at radius 1 is 1.06 bits per heavy atom. The van der Waals surface area contributed by atoms with Gasteiger partial charge in [0.25, 0.3) is 0 Å². The number of halogens is 2. The van der Waals surface area contributed by atoms with E-state index in [-0.39, 0.29) is 0 Å². The number of hydrogen-bond acceptors (Lipinski definition) is 1. The van der Waals surface area contributed by atoms with Crippen LogP contribution in [0.3, 0.4) is 0 Å². The Hall–Kier alpha value is -1.48. The van der Waals surface area contributed by atoms with Crippen LogP contribution in [0.4, 0.5) is 4.39 Å². The number of aldehydes is 1. The molecule has 0 heterocycles. The summed E-state index contributed by atoms with van der Waals surface area (Å²) >= 11 is 3.34. The van der Waals surface area contributed by atoms with Gasteiger partial charge in [0.05, 0.1) is 0 Å². The van der Waals surface area contributed by atoms with E-state index in [2.05, 4.69) is 15.9 Å². The van der Waals surface area contributed by atoms with Gasteiger partial charge in [-0.15, -0.1) is 0 Å². The molecule has 16 heavy (non-hydrogen) atoms. The van der Waals surface area contributed by atoms with Crippen LogP contribution in [0.1, 0.15) is 10.4 Å². The van der Waals surface area contributed by atoms with Crippen LogP contribution in [0.5, 0.6) is 0 Å². The van der Waals surface area contributed by atoms with Crippen molar-refractivity contribution in [2.24, 2.45) is 0 Å². The second kappa shape index (κ2) is 4.58. The van der Waals surface area contributed by atoms with Gasteiger partial charge in [0.1, 0.15) is 5.82 Å². The molecule has 2 aromatic carbocycles. The highest BCUT2D eigenvalue weighted by Crippen LogP contribution is 2.25. The van der Waals surface area contributed by atoms with E-state index in [1.807, 2.05) is 24.3 Å². The maximum Gasteiger partial charge on any atom is 0.150 e. The van der Waals surface area contributed by atoms with E-state index >= 15 is 0 Å². The molecule has 0 amide bonds. The lowest BCUT2D eigenvalue weighted by atomic mass is 10.0. The van der Waals surface area contributed by atoms with Crippen molar-refractivity contribution in [3.63, 3.8) is 0 Å². The van der Waals surface area contributed by atoms with Crippen LogP contribution in [0.2, 0.25) is 0 Å². The first-order chi connectivity index (χ1) is 7.70. The van der Waals surface area contributed by atoms with E-state index in [1.165, 1.54) is 12.1 Å². The molecule has 0 saturated carbocycles. The Kier molecular flexibility index (Phi) is 3.15. The lowest BCUT2D eigenvalue weighted by Crippen LogP contribution is -1.89. The summed E-state index contributed by atoms with van der Waals surface area (Å²) in [5, 5.41) is 0. The minimum absolute atomic E-state index is 0.363. The average Bonchev–Trinajstić information content (AvgIpc) is 2.30. The Morgan fingerprint density at radius 2 is 1.75 bits per heavy atom. The minimum atomic E-state index is -0.400. The highest BCUT2D eigenvalue weighted by molar-refractivity contribution is 9.10. The summed E-state index contributed by atoms with van der Waals surface area (Å²) in [5.74, 6) is -0.400. The van der Waals surface area contributed by atoms with E-state index < -0.39 is 5.82 Å². The third kappa shape index (κ3) is 2.19. The molecule has 0 N–H and O–H groups in total. The monoisotopic (exact) mass is 278 g/mol. The van der Waals surface area contributed by atoms with Gasteiger partial charge in [0, 0.05) is 10.0 Å². The van der Waals surface area contributed by atoms with Crippen molar-refractivity contribution in [1.29, 1.82) is 0 Å². The quantitative estimate of drug-likeness (QED) is 0.757. The van der Waals surface area contributed by atoms with Crippen LogP contribution in [0.25, 0.3) is 11.1 Å².